The van der Waals surface area contributed by atoms with E-state index < -0.39 is 0 Å². The van der Waals surface area contributed by atoms with Crippen LogP contribution in [-0.4, -0.2) is 18.4 Å². The maximum absolute atomic E-state index is 5.89. The van der Waals surface area contributed by atoms with Gasteiger partial charge in [-0.15, -0.1) is 0 Å². The molecule has 0 saturated carbocycles. The summed E-state index contributed by atoms with van der Waals surface area (Å²) in [6.45, 7) is 2.59. The molecular formula is C17H19N3OS. The van der Waals surface area contributed by atoms with Crippen LogP contribution < -0.4 is 15.5 Å². The normalized spacial score (nSPS) is 10.5. The zero-order valence-corrected chi connectivity index (χ0v) is 13.5. The second kappa shape index (κ2) is 8.14. The predicted octanol–water partition coefficient (Wildman–Crippen LogP) is 3.00. The Balaban J connectivity index is 2.03. The lowest BCUT2D eigenvalue weighted by Gasteiger charge is -2.09. The van der Waals surface area contributed by atoms with Crippen molar-refractivity contribution in [2.45, 2.75) is 13.5 Å². The summed E-state index contributed by atoms with van der Waals surface area (Å²) < 4.78 is 5.89. The highest BCUT2D eigenvalue weighted by molar-refractivity contribution is 7.80. The highest BCUT2D eigenvalue weighted by Gasteiger charge is 2.01. The van der Waals surface area contributed by atoms with Crippen LogP contribution in [0, 0.1) is 6.92 Å². The predicted molar refractivity (Wildman–Crippen MR) is 94.3 cm³/mol. The van der Waals surface area contributed by atoms with Gasteiger partial charge in [0, 0.05) is 12.6 Å². The molecule has 4 nitrogen and oxygen atoms in total. The monoisotopic (exact) mass is 313 g/mol. The van der Waals surface area contributed by atoms with E-state index in [0.717, 1.165) is 16.9 Å². The van der Waals surface area contributed by atoms with Gasteiger partial charge in [-0.3, -0.25) is 5.43 Å². The highest BCUT2D eigenvalue weighted by atomic mass is 32.1. The van der Waals surface area contributed by atoms with E-state index in [1.165, 1.54) is 5.56 Å². The van der Waals surface area contributed by atoms with Gasteiger partial charge in [0.05, 0.1) is 6.21 Å². The molecule has 0 aliphatic rings. The summed E-state index contributed by atoms with van der Waals surface area (Å²) in [5.74, 6) is 0.782. The largest absolute Gasteiger partial charge is 0.488 e. The molecule has 0 amide bonds. The third kappa shape index (κ3) is 4.86. The quantitative estimate of drug-likeness (QED) is 0.506. The molecule has 2 N–H and O–H groups in total. The fourth-order valence-corrected chi connectivity index (χ4v) is 1.95. The van der Waals surface area contributed by atoms with E-state index in [1.807, 2.05) is 30.3 Å². The molecule has 0 fully saturated rings. The molecular weight excluding hydrogens is 294 g/mol. The Morgan fingerprint density at radius 3 is 2.82 bits per heavy atom. The van der Waals surface area contributed by atoms with Crippen LogP contribution in [0.4, 0.5) is 0 Å². The number of ether oxygens (including phenoxy) is 1. The maximum atomic E-state index is 5.89. The Morgan fingerprint density at radius 1 is 1.23 bits per heavy atom. The number of hydrogen-bond acceptors (Lipinski definition) is 3. The maximum Gasteiger partial charge on any atom is 0.186 e. The van der Waals surface area contributed by atoms with Gasteiger partial charge in [-0.25, -0.2) is 0 Å². The number of benzene rings is 2. The van der Waals surface area contributed by atoms with E-state index in [4.69, 9.17) is 17.0 Å². The first-order valence-electron chi connectivity index (χ1n) is 6.97. The minimum atomic E-state index is 0.467. The molecule has 0 bridgehead atoms. The minimum absolute atomic E-state index is 0.467. The van der Waals surface area contributed by atoms with Crippen LogP contribution in [-0.2, 0) is 6.61 Å². The Labute approximate surface area is 136 Å². The first-order chi connectivity index (χ1) is 10.7. The lowest BCUT2D eigenvalue weighted by molar-refractivity contribution is 0.305. The van der Waals surface area contributed by atoms with Gasteiger partial charge in [-0.05, 0) is 36.8 Å². The summed E-state index contributed by atoms with van der Waals surface area (Å²) in [7, 11) is 1.74. The van der Waals surface area contributed by atoms with Gasteiger partial charge < -0.3 is 10.1 Å². The lowest BCUT2D eigenvalue weighted by atomic mass is 10.1. The standard InChI is InChI=1S/C17H19N3OS/c1-13-6-5-7-14(10-13)12-21-16-9-4-3-8-15(16)11-19-20-17(22)18-2/h3-11H,12H2,1-2H3,(H2,18,20,22)/b19-11-. The van der Waals surface area contributed by atoms with Gasteiger partial charge in [0.2, 0.25) is 0 Å². The third-order valence-electron chi connectivity index (χ3n) is 2.99. The fourth-order valence-electron chi connectivity index (χ4n) is 1.90. The summed E-state index contributed by atoms with van der Waals surface area (Å²) in [6.07, 6.45) is 1.69. The Bertz CT molecular complexity index is 670. The number of para-hydroxylation sites is 1. The average molecular weight is 313 g/mol. The Kier molecular flexibility index (Phi) is 5.91. The molecule has 0 aliphatic heterocycles. The number of nitrogens with one attached hydrogen (secondary N) is 2. The summed E-state index contributed by atoms with van der Waals surface area (Å²) >= 11 is 4.96. The molecule has 0 saturated heterocycles. The first-order valence-corrected chi connectivity index (χ1v) is 7.38. The number of rotatable bonds is 5. The van der Waals surface area contributed by atoms with Crippen LogP contribution in [0.5, 0.6) is 5.75 Å². The van der Waals surface area contributed by atoms with Gasteiger partial charge in [0.25, 0.3) is 0 Å². The number of aryl methyl sites for hydroxylation is 1. The second-order valence-electron chi connectivity index (χ2n) is 4.76. The summed E-state index contributed by atoms with van der Waals surface area (Å²) in [4.78, 5) is 0. The van der Waals surface area contributed by atoms with Crippen molar-refractivity contribution in [1.29, 1.82) is 0 Å². The summed E-state index contributed by atoms with van der Waals surface area (Å²) in [5, 5.41) is 7.34. The SMILES string of the molecule is CNC(=S)N/N=C\c1ccccc1OCc1cccc(C)c1. The lowest BCUT2D eigenvalue weighted by Crippen LogP contribution is -2.28. The van der Waals surface area contributed by atoms with E-state index in [9.17, 15) is 0 Å². The fraction of sp³-hybridized carbons (Fsp3) is 0.176. The van der Waals surface area contributed by atoms with Gasteiger partial charge in [-0.1, -0.05) is 42.0 Å². The van der Waals surface area contributed by atoms with Gasteiger partial charge >= 0.3 is 0 Å². The third-order valence-corrected chi connectivity index (χ3v) is 3.29. The van der Waals surface area contributed by atoms with Crippen molar-refractivity contribution < 1.29 is 4.74 Å². The average Bonchev–Trinajstić information content (AvgIpc) is 2.54. The number of hydrazone groups is 1. The molecule has 0 aliphatic carbocycles. The zero-order valence-electron chi connectivity index (χ0n) is 12.7. The zero-order chi connectivity index (χ0) is 15.8. The molecule has 22 heavy (non-hydrogen) atoms. The van der Waals surface area contributed by atoms with Crippen LogP contribution in [0.3, 0.4) is 0 Å². The van der Waals surface area contributed by atoms with Crippen molar-refractivity contribution in [2.24, 2.45) is 5.10 Å². The molecule has 2 aromatic carbocycles. The molecule has 114 valence electrons. The number of nitrogens with zero attached hydrogens (tertiary/aromatic N) is 1. The van der Waals surface area contributed by atoms with Crippen molar-refractivity contribution in [2.75, 3.05) is 7.05 Å². The van der Waals surface area contributed by atoms with Crippen molar-refractivity contribution >= 4 is 23.5 Å². The van der Waals surface area contributed by atoms with Crippen molar-refractivity contribution in [3.8, 4) is 5.75 Å². The summed E-state index contributed by atoms with van der Waals surface area (Å²) in [6, 6.07) is 16.0. The molecule has 2 aromatic rings. The number of thiocarbonyl (C=S) groups is 1. The van der Waals surface area contributed by atoms with E-state index in [2.05, 4.69) is 41.0 Å². The molecule has 0 unspecified atom stereocenters. The van der Waals surface area contributed by atoms with E-state index in [1.54, 1.807) is 13.3 Å². The van der Waals surface area contributed by atoms with Gasteiger partial charge in [0.15, 0.2) is 5.11 Å². The Morgan fingerprint density at radius 2 is 2.05 bits per heavy atom. The molecule has 0 aromatic heterocycles. The molecule has 2 rings (SSSR count). The van der Waals surface area contributed by atoms with E-state index in [0.29, 0.717) is 11.7 Å². The highest BCUT2D eigenvalue weighted by Crippen LogP contribution is 2.17. The number of hydrogen-bond donors (Lipinski definition) is 2. The molecule has 0 spiro atoms. The topological polar surface area (TPSA) is 45.7 Å². The first kappa shape index (κ1) is 16.0. The molecule has 5 heteroatoms. The summed E-state index contributed by atoms with van der Waals surface area (Å²) in [5.41, 5.74) is 5.98. The molecule has 0 heterocycles. The van der Waals surface area contributed by atoms with Crippen molar-refractivity contribution in [3.05, 3.63) is 65.2 Å². The second-order valence-corrected chi connectivity index (χ2v) is 5.17. The minimum Gasteiger partial charge on any atom is -0.488 e. The van der Waals surface area contributed by atoms with Gasteiger partial charge in [-0.2, -0.15) is 5.10 Å². The van der Waals surface area contributed by atoms with Crippen molar-refractivity contribution in [1.82, 2.24) is 10.7 Å². The van der Waals surface area contributed by atoms with Crippen LogP contribution in [0.1, 0.15) is 16.7 Å². The van der Waals surface area contributed by atoms with E-state index in [-0.39, 0.29) is 0 Å². The van der Waals surface area contributed by atoms with Crippen LogP contribution in [0.2, 0.25) is 0 Å². The molecule has 0 radical (unpaired) electrons. The molecule has 0 atom stereocenters. The van der Waals surface area contributed by atoms with Crippen LogP contribution in [0.25, 0.3) is 0 Å². The van der Waals surface area contributed by atoms with E-state index >= 15 is 0 Å². The smallest absolute Gasteiger partial charge is 0.186 e. The van der Waals surface area contributed by atoms with Crippen LogP contribution in [0.15, 0.2) is 53.6 Å². The Hall–Kier alpha value is -2.40. The van der Waals surface area contributed by atoms with Gasteiger partial charge in [0.1, 0.15) is 12.4 Å². The van der Waals surface area contributed by atoms with Crippen LogP contribution >= 0.6 is 12.2 Å². The van der Waals surface area contributed by atoms with Crippen molar-refractivity contribution in [3.63, 3.8) is 0 Å².